The molecular weight excluding hydrogens is 236 g/mol. The van der Waals surface area contributed by atoms with Crippen LogP contribution in [0.4, 0.5) is 5.69 Å². The normalized spacial score (nSPS) is 11.6. The summed E-state index contributed by atoms with van der Waals surface area (Å²) in [7, 11) is 0. The molecule has 0 aliphatic carbocycles. The molecule has 0 aromatic carbocycles. The Balaban J connectivity index is 2.87. The van der Waals surface area contributed by atoms with E-state index in [4.69, 9.17) is 0 Å². The van der Waals surface area contributed by atoms with Crippen LogP contribution in [0.15, 0.2) is 6.20 Å². The van der Waals surface area contributed by atoms with Crippen molar-refractivity contribution in [1.82, 2.24) is 15.3 Å². The van der Waals surface area contributed by atoms with E-state index >= 15 is 0 Å². The van der Waals surface area contributed by atoms with Crippen LogP contribution < -0.4 is 10.6 Å². The molecule has 4 heteroatoms. The third-order valence-corrected chi connectivity index (χ3v) is 2.78. The van der Waals surface area contributed by atoms with Crippen LogP contribution in [-0.4, -0.2) is 22.6 Å². The molecule has 0 spiro atoms. The Morgan fingerprint density at radius 2 is 1.79 bits per heavy atom. The highest BCUT2D eigenvalue weighted by molar-refractivity contribution is 5.46. The summed E-state index contributed by atoms with van der Waals surface area (Å²) in [5, 5.41) is 6.86. The average Bonchev–Trinajstić information content (AvgIpc) is 2.33. The molecule has 19 heavy (non-hydrogen) atoms. The fourth-order valence-corrected chi connectivity index (χ4v) is 1.61. The van der Waals surface area contributed by atoms with Gasteiger partial charge in [-0.2, -0.15) is 0 Å². The molecule has 1 heterocycles. The molecule has 0 atom stereocenters. The first-order chi connectivity index (χ1) is 8.90. The Labute approximate surface area is 117 Å². The molecule has 1 rings (SSSR count). The monoisotopic (exact) mass is 264 g/mol. The van der Waals surface area contributed by atoms with Gasteiger partial charge < -0.3 is 10.6 Å². The molecule has 0 bridgehead atoms. The number of hydrogen-bond donors (Lipinski definition) is 2. The van der Waals surface area contributed by atoms with Gasteiger partial charge in [-0.05, 0) is 5.92 Å². The second kappa shape index (κ2) is 7.43. The number of nitrogens with zero attached hydrogens (tertiary/aromatic N) is 2. The van der Waals surface area contributed by atoms with Crippen LogP contribution in [0.25, 0.3) is 0 Å². The van der Waals surface area contributed by atoms with Gasteiger partial charge in [-0.1, -0.05) is 41.5 Å². The van der Waals surface area contributed by atoms with E-state index in [1.807, 2.05) is 6.20 Å². The number of rotatable bonds is 7. The Hall–Kier alpha value is -1.16. The lowest BCUT2D eigenvalue weighted by Gasteiger charge is -2.16. The second-order valence-corrected chi connectivity index (χ2v) is 6.05. The van der Waals surface area contributed by atoms with E-state index in [1.165, 1.54) is 0 Å². The molecule has 0 saturated carbocycles. The number of anilines is 1. The number of hydrogen-bond acceptors (Lipinski definition) is 4. The number of nitrogens with one attached hydrogen (secondary N) is 2. The summed E-state index contributed by atoms with van der Waals surface area (Å²) in [6.45, 7) is 14.6. The van der Waals surface area contributed by atoms with Gasteiger partial charge in [-0.3, -0.25) is 0 Å². The lowest BCUT2D eigenvalue weighted by Crippen LogP contribution is -2.24. The predicted molar refractivity (Wildman–Crippen MR) is 81.4 cm³/mol. The number of aromatic nitrogens is 2. The minimum absolute atomic E-state index is 0.358. The van der Waals surface area contributed by atoms with Crippen LogP contribution >= 0.6 is 0 Å². The smallest absolute Gasteiger partial charge is 0.131 e. The highest BCUT2D eigenvalue weighted by atomic mass is 15.0. The quantitative estimate of drug-likeness (QED) is 0.794. The Bertz CT molecular complexity index is 386. The van der Waals surface area contributed by atoms with Gasteiger partial charge in [0.15, 0.2) is 0 Å². The van der Waals surface area contributed by atoms with E-state index in [1.54, 1.807) is 0 Å². The third-order valence-electron chi connectivity index (χ3n) is 2.78. The molecule has 2 N–H and O–H groups in total. The third kappa shape index (κ3) is 5.55. The Morgan fingerprint density at radius 1 is 1.11 bits per heavy atom. The lowest BCUT2D eigenvalue weighted by atomic mass is 10.2. The van der Waals surface area contributed by atoms with Gasteiger partial charge in [0.2, 0.25) is 0 Å². The Morgan fingerprint density at radius 3 is 2.32 bits per heavy atom. The second-order valence-electron chi connectivity index (χ2n) is 6.05. The fourth-order valence-electron chi connectivity index (χ4n) is 1.61. The van der Waals surface area contributed by atoms with Crippen molar-refractivity contribution in [2.75, 3.05) is 11.9 Å². The van der Waals surface area contributed by atoms with Gasteiger partial charge in [0, 0.05) is 25.0 Å². The van der Waals surface area contributed by atoms with Crippen molar-refractivity contribution in [3.8, 4) is 0 Å². The standard InChI is InChI=1S/C15H28N4/c1-10(2)7-17-13-8-18-15(11(3)4)19-14(13)9-16-12(5)6/h8,10-12,16-17H,7,9H2,1-6H3. The van der Waals surface area contributed by atoms with Crippen molar-refractivity contribution in [3.63, 3.8) is 0 Å². The maximum Gasteiger partial charge on any atom is 0.131 e. The van der Waals surface area contributed by atoms with Gasteiger partial charge in [0.05, 0.1) is 17.6 Å². The van der Waals surface area contributed by atoms with Crippen molar-refractivity contribution >= 4 is 5.69 Å². The van der Waals surface area contributed by atoms with Crippen LogP contribution in [0.3, 0.4) is 0 Å². The van der Waals surface area contributed by atoms with E-state index in [9.17, 15) is 0 Å². The fraction of sp³-hybridized carbons (Fsp3) is 0.733. The molecule has 1 aromatic heterocycles. The maximum atomic E-state index is 4.69. The average molecular weight is 264 g/mol. The molecular formula is C15H28N4. The van der Waals surface area contributed by atoms with E-state index in [0.29, 0.717) is 17.9 Å². The van der Waals surface area contributed by atoms with E-state index in [-0.39, 0.29) is 0 Å². The summed E-state index contributed by atoms with van der Waals surface area (Å²) in [5.41, 5.74) is 2.11. The minimum Gasteiger partial charge on any atom is -0.382 e. The molecule has 0 saturated heterocycles. The lowest BCUT2D eigenvalue weighted by molar-refractivity contribution is 0.577. The summed E-state index contributed by atoms with van der Waals surface area (Å²) in [5.74, 6) is 1.88. The molecule has 0 aliphatic rings. The summed E-state index contributed by atoms with van der Waals surface area (Å²) in [6, 6.07) is 0.454. The highest BCUT2D eigenvalue weighted by Crippen LogP contribution is 2.16. The van der Waals surface area contributed by atoms with Gasteiger partial charge >= 0.3 is 0 Å². The van der Waals surface area contributed by atoms with Crippen molar-refractivity contribution in [3.05, 3.63) is 17.7 Å². The Kier molecular flexibility index (Phi) is 6.22. The summed E-state index contributed by atoms with van der Waals surface area (Å²) >= 11 is 0. The van der Waals surface area contributed by atoms with Gasteiger partial charge in [0.1, 0.15) is 5.82 Å². The van der Waals surface area contributed by atoms with Crippen molar-refractivity contribution < 1.29 is 0 Å². The van der Waals surface area contributed by atoms with Crippen LogP contribution in [0.5, 0.6) is 0 Å². The van der Waals surface area contributed by atoms with Crippen molar-refractivity contribution in [1.29, 1.82) is 0 Å². The zero-order chi connectivity index (χ0) is 14.4. The first-order valence-corrected chi connectivity index (χ1v) is 7.23. The van der Waals surface area contributed by atoms with E-state index in [2.05, 4.69) is 62.1 Å². The largest absolute Gasteiger partial charge is 0.382 e. The summed E-state index contributed by atoms with van der Waals surface area (Å²) in [4.78, 5) is 9.13. The molecule has 1 aromatic rings. The predicted octanol–water partition coefficient (Wildman–Crippen LogP) is 3.17. The first kappa shape index (κ1) is 15.9. The van der Waals surface area contributed by atoms with Gasteiger partial charge in [0.25, 0.3) is 0 Å². The molecule has 0 radical (unpaired) electrons. The van der Waals surface area contributed by atoms with E-state index < -0.39 is 0 Å². The van der Waals surface area contributed by atoms with Crippen LogP contribution in [0, 0.1) is 5.92 Å². The minimum atomic E-state index is 0.358. The molecule has 0 amide bonds. The SMILES string of the molecule is CC(C)CNc1cnc(C(C)C)nc1CNC(C)C. The van der Waals surface area contributed by atoms with Crippen LogP contribution in [0.2, 0.25) is 0 Å². The van der Waals surface area contributed by atoms with Crippen molar-refractivity contribution in [2.45, 2.75) is 60.0 Å². The molecule has 0 unspecified atom stereocenters. The van der Waals surface area contributed by atoms with Crippen molar-refractivity contribution in [2.24, 2.45) is 5.92 Å². The molecule has 108 valence electrons. The topological polar surface area (TPSA) is 49.8 Å². The molecule has 0 aliphatic heterocycles. The summed E-state index contributed by atoms with van der Waals surface area (Å²) < 4.78 is 0. The zero-order valence-electron chi connectivity index (χ0n) is 13.1. The highest BCUT2D eigenvalue weighted by Gasteiger charge is 2.10. The molecule has 0 fully saturated rings. The van der Waals surface area contributed by atoms with Crippen LogP contribution in [0.1, 0.15) is 59.0 Å². The molecule has 4 nitrogen and oxygen atoms in total. The summed E-state index contributed by atoms with van der Waals surface area (Å²) in [6.07, 6.45) is 1.92. The maximum absolute atomic E-state index is 4.69. The van der Waals surface area contributed by atoms with Gasteiger partial charge in [-0.25, -0.2) is 9.97 Å². The van der Waals surface area contributed by atoms with Gasteiger partial charge in [-0.15, -0.1) is 0 Å². The van der Waals surface area contributed by atoms with E-state index in [0.717, 1.165) is 30.3 Å². The zero-order valence-corrected chi connectivity index (χ0v) is 13.1. The first-order valence-electron chi connectivity index (χ1n) is 7.23. The van der Waals surface area contributed by atoms with Crippen LogP contribution in [-0.2, 0) is 6.54 Å².